The summed E-state index contributed by atoms with van der Waals surface area (Å²) in [5.41, 5.74) is 11.0. The van der Waals surface area contributed by atoms with Gasteiger partial charge >= 0.3 is 0 Å². The number of imidazole rings is 1. The van der Waals surface area contributed by atoms with E-state index in [9.17, 15) is 0 Å². The van der Waals surface area contributed by atoms with E-state index < -0.39 is 0 Å². The molecule has 0 spiro atoms. The monoisotopic (exact) mass is 846 g/mol. The molecule has 5 rings (SSSR count). The number of aromatic nitrogens is 2. The summed E-state index contributed by atoms with van der Waals surface area (Å²) < 4.78 is 3.50. The van der Waals surface area contributed by atoms with Crippen molar-refractivity contribution in [2.45, 2.75) is 73.3 Å². The summed E-state index contributed by atoms with van der Waals surface area (Å²) in [4.78, 5) is 6.66. The maximum absolute atomic E-state index is 5.65. The molecule has 0 N–H and O–H groups in total. The van der Waals surface area contributed by atoms with Crippen molar-refractivity contribution in [3.63, 3.8) is 0 Å². The number of thiophene rings is 1. The van der Waals surface area contributed by atoms with Crippen molar-refractivity contribution in [2.24, 2.45) is 7.05 Å². The van der Waals surface area contributed by atoms with Gasteiger partial charge in [0.2, 0.25) is 0 Å². The van der Waals surface area contributed by atoms with Crippen molar-refractivity contribution in [1.29, 1.82) is 0 Å². The number of fused-ring (bicyclic) bond motifs is 1. The number of rotatable bonds is 7. The van der Waals surface area contributed by atoms with E-state index in [-0.39, 0.29) is 31.9 Å². The average molecular weight is 846 g/mol. The maximum Gasteiger partial charge on any atom is 0.0984 e. The molecule has 0 amide bonds. The minimum Gasteiger partial charge on any atom is -0.671 e. The summed E-state index contributed by atoms with van der Waals surface area (Å²) in [7, 11) is 12.6. The molecule has 0 aliphatic heterocycles. The van der Waals surface area contributed by atoms with Gasteiger partial charge in [-0.3, -0.25) is 0 Å². The van der Waals surface area contributed by atoms with Gasteiger partial charge in [0.25, 0.3) is 0 Å². The Bertz CT molecular complexity index is 1660. The number of hydrogen-bond acceptors (Lipinski definition) is 2. The first-order valence-electron chi connectivity index (χ1n) is 16.7. The van der Waals surface area contributed by atoms with Gasteiger partial charge in [-0.15, -0.1) is 17.0 Å². The Morgan fingerprint density at radius 1 is 0.714 bits per heavy atom. The third-order valence-electron chi connectivity index (χ3n) is 7.80. The van der Waals surface area contributed by atoms with Crippen LogP contribution in [0.5, 0.6) is 0 Å². The van der Waals surface area contributed by atoms with E-state index in [1.165, 1.54) is 53.9 Å². The minimum atomic E-state index is -0.216. The summed E-state index contributed by atoms with van der Waals surface area (Å²) in [6.45, 7) is 17.9. The Kier molecular flexibility index (Phi) is 19.5. The van der Waals surface area contributed by atoms with E-state index in [4.69, 9.17) is 10.3 Å². The molecule has 1 unspecified atom stereocenters. The van der Waals surface area contributed by atoms with Crippen molar-refractivity contribution < 1.29 is 25.8 Å². The quantitative estimate of drug-likeness (QED) is 0.150. The molecule has 0 radical (unpaired) electrons. The standard InChI is InChI=1S/C35H40N3S.3C2H6N.Hf/c1-20(2)26-14-12-15-27(21(3)4)33(26)37-34(31-23(6)17-22(5)18-24(31)7)35-36-29(19-38(35)9)32-25(8)39-30-16-11-10-13-28(30)32;3*1-3-2;/h10-21,34H,1-9H3;3*1-2H3;/q4*-1;. The fourth-order valence-corrected chi connectivity index (χ4v) is 7.08. The molecule has 0 aliphatic carbocycles. The maximum atomic E-state index is 5.65. The van der Waals surface area contributed by atoms with E-state index in [1.807, 2.05) is 11.3 Å². The summed E-state index contributed by atoms with van der Waals surface area (Å²) in [5.74, 6) is 1.73. The van der Waals surface area contributed by atoms with Crippen LogP contribution in [0.2, 0.25) is 0 Å². The van der Waals surface area contributed by atoms with Crippen LogP contribution in [0.3, 0.4) is 0 Å². The zero-order valence-corrected chi connectivity index (χ0v) is 37.0. The summed E-state index contributed by atoms with van der Waals surface area (Å²) >= 11 is 1.84. The largest absolute Gasteiger partial charge is 0.671 e. The zero-order chi connectivity index (χ0) is 36.1. The van der Waals surface area contributed by atoms with Crippen LogP contribution < -0.4 is 0 Å². The molecule has 8 heteroatoms. The van der Waals surface area contributed by atoms with Gasteiger partial charge in [-0.25, -0.2) is 4.98 Å². The molecule has 266 valence electrons. The van der Waals surface area contributed by atoms with Crippen molar-refractivity contribution in [3.05, 3.63) is 126 Å². The molecule has 2 aromatic heterocycles. The fraction of sp³-hybridized carbons (Fsp3) is 0.439. The minimum absolute atomic E-state index is 0. The van der Waals surface area contributed by atoms with Crippen LogP contribution in [0, 0.1) is 27.7 Å². The normalized spacial score (nSPS) is 11.1. The van der Waals surface area contributed by atoms with Gasteiger partial charge in [-0.1, -0.05) is 92.9 Å². The molecule has 2 heterocycles. The summed E-state index contributed by atoms with van der Waals surface area (Å²) in [6, 6.07) is 19.7. The third-order valence-corrected chi connectivity index (χ3v) is 8.88. The predicted octanol–water partition coefficient (Wildman–Crippen LogP) is 12.4. The van der Waals surface area contributed by atoms with Gasteiger partial charge in [-0.2, -0.15) is 42.3 Å². The molecule has 5 aromatic rings. The SMILES string of the molecule is C[N-]C.C[N-]C.C[N-]C.Cc1cc(C)c(C([N-]c2c(C(C)C)cccc2C(C)C)c2nc(-c3c(C)sc4ccccc34)cn2C)c(C)c1.[Hf]. The Hall–Kier alpha value is -2.62. The molecule has 3 aromatic carbocycles. The van der Waals surface area contributed by atoms with E-state index in [1.54, 1.807) is 42.3 Å². The molecule has 0 aliphatic rings. The molecule has 0 bridgehead atoms. The van der Waals surface area contributed by atoms with Gasteiger partial charge < -0.3 is 25.8 Å². The second-order valence-electron chi connectivity index (χ2n) is 12.9. The summed E-state index contributed by atoms with van der Waals surface area (Å²) in [5, 5.41) is 17.4. The van der Waals surface area contributed by atoms with Gasteiger partial charge in [0.1, 0.15) is 0 Å². The topological polar surface area (TPSA) is 74.2 Å². The fourth-order valence-electron chi connectivity index (χ4n) is 6.01. The van der Waals surface area contributed by atoms with Crippen LogP contribution in [0.15, 0.2) is 60.8 Å². The first kappa shape index (κ1) is 44.4. The van der Waals surface area contributed by atoms with Crippen LogP contribution >= 0.6 is 11.3 Å². The van der Waals surface area contributed by atoms with E-state index in [0.717, 1.165) is 17.2 Å². The van der Waals surface area contributed by atoms with Gasteiger partial charge in [-0.05, 0) is 68.3 Å². The van der Waals surface area contributed by atoms with Crippen molar-refractivity contribution in [2.75, 3.05) is 42.3 Å². The number of para-hydroxylation sites is 1. The van der Waals surface area contributed by atoms with Crippen LogP contribution in [-0.2, 0) is 32.9 Å². The predicted molar refractivity (Wildman–Crippen MR) is 215 cm³/mol. The van der Waals surface area contributed by atoms with E-state index in [2.05, 4.69) is 144 Å². The second-order valence-corrected chi connectivity index (χ2v) is 14.2. The molecule has 49 heavy (non-hydrogen) atoms. The van der Waals surface area contributed by atoms with Crippen LogP contribution in [-0.4, -0.2) is 51.8 Å². The Labute approximate surface area is 320 Å². The Morgan fingerprint density at radius 3 is 1.69 bits per heavy atom. The number of aryl methyl sites for hydroxylation is 5. The number of nitrogens with zero attached hydrogens (tertiary/aromatic N) is 6. The average Bonchev–Trinajstić information content (AvgIpc) is 3.55. The number of hydrogen-bond donors (Lipinski definition) is 0. The summed E-state index contributed by atoms with van der Waals surface area (Å²) in [6.07, 6.45) is 2.19. The number of benzene rings is 3. The molecular weight excluding hydrogens is 787 g/mol. The first-order valence-corrected chi connectivity index (χ1v) is 17.5. The Morgan fingerprint density at radius 2 is 1.20 bits per heavy atom. The van der Waals surface area contributed by atoms with Crippen LogP contribution in [0.25, 0.3) is 42.6 Å². The van der Waals surface area contributed by atoms with Gasteiger partial charge in [0.05, 0.1) is 11.5 Å². The van der Waals surface area contributed by atoms with E-state index >= 15 is 0 Å². The molecule has 0 fully saturated rings. The van der Waals surface area contributed by atoms with Crippen LogP contribution in [0.1, 0.15) is 89.7 Å². The smallest absolute Gasteiger partial charge is 0.0984 e. The first-order chi connectivity index (χ1) is 22.8. The molecule has 6 nitrogen and oxygen atoms in total. The Balaban J connectivity index is 0.00000109. The van der Waals surface area contributed by atoms with Gasteiger partial charge in [0.15, 0.2) is 0 Å². The zero-order valence-electron chi connectivity index (χ0n) is 32.6. The van der Waals surface area contributed by atoms with E-state index in [0.29, 0.717) is 11.8 Å². The van der Waals surface area contributed by atoms with Crippen molar-refractivity contribution in [1.82, 2.24) is 9.55 Å². The molecule has 1 atom stereocenters. The van der Waals surface area contributed by atoms with Crippen molar-refractivity contribution >= 4 is 27.1 Å². The molecule has 0 saturated carbocycles. The van der Waals surface area contributed by atoms with Gasteiger partial charge in [0, 0.05) is 59.6 Å². The third kappa shape index (κ3) is 11.4. The molecule has 0 saturated heterocycles. The van der Waals surface area contributed by atoms with Crippen LogP contribution in [0.4, 0.5) is 5.69 Å². The molecular formula is C41H58HfN6S-4. The van der Waals surface area contributed by atoms with Crippen molar-refractivity contribution in [3.8, 4) is 11.3 Å². The second kappa shape index (κ2) is 21.6.